The third-order valence-corrected chi connectivity index (χ3v) is 6.03. The van der Waals surface area contributed by atoms with Crippen LogP contribution in [0.15, 0.2) is 46.3 Å². The van der Waals surface area contributed by atoms with Crippen LogP contribution in [0.2, 0.25) is 0 Å². The summed E-state index contributed by atoms with van der Waals surface area (Å²) in [5.74, 6) is -1.27. The summed E-state index contributed by atoms with van der Waals surface area (Å²) in [5, 5.41) is 3.47. The quantitative estimate of drug-likeness (QED) is 0.216. The number of amides is 1. The van der Waals surface area contributed by atoms with Gasteiger partial charge >= 0.3 is 5.97 Å². The Balaban J connectivity index is 2.11. The maximum absolute atomic E-state index is 13.5. The number of aryl methyl sites for hydroxylation is 2. The Morgan fingerprint density at radius 1 is 1.09 bits per heavy atom. The average molecular weight is 482 g/mol. The number of methoxy groups -OCH3 is 1. The van der Waals surface area contributed by atoms with Crippen LogP contribution in [-0.2, 0) is 14.3 Å². The Hall–Kier alpha value is -3.46. The van der Waals surface area contributed by atoms with E-state index in [0.717, 1.165) is 29.3 Å². The number of benzene rings is 2. The first kappa shape index (κ1) is 25.2. The van der Waals surface area contributed by atoms with Crippen molar-refractivity contribution in [2.75, 3.05) is 19.4 Å². The van der Waals surface area contributed by atoms with Gasteiger partial charge in [0, 0.05) is 12.1 Å². The number of aromatic nitrogens is 2. The number of nitrogens with one attached hydrogen (secondary N) is 1. The van der Waals surface area contributed by atoms with Crippen LogP contribution in [0, 0.1) is 13.8 Å². The molecule has 0 saturated heterocycles. The van der Waals surface area contributed by atoms with Crippen molar-refractivity contribution >= 4 is 40.3 Å². The highest BCUT2D eigenvalue weighted by Crippen LogP contribution is 2.24. The summed E-state index contributed by atoms with van der Waals surface area (Å²) in [6, 6.07) is 10.5. The molecule has 0 aliphatic rings. The molecule has 1 heterocycles. The summed E-state index contributed by atoms with van der Waals surface area (Å²) in [5.41, 5.74) is 3.03. The fourth-order valence-electron chi connectivity index (χ4n) is 3.48. The molecule has 2 aromatic carbocycles. The molecule has 1 amide bonds. The molecule has 0 bridgehead atoms. The second-order valence-electron chi connectivity index (χ2n) is 7.95. The molecule has 34 heavy (non-hydrogen) atoms. The minimum atomic E-state index is -0.619. The predicted octanol–water partition coefficient (Wildman–Crippen LogP) is 3.37. The van der Waals surface area contributed by atoms with Gasteiger partial charge in [-0.15, -0.1) is 0 Å². The molecule has 8 nitrogen and oxygen atoms in total. The number of Topliss-reactive ketones (excluding diaryl/α,β-unsaturated/α-hetero) is 1. The van der Waals surface area contributed by atoms with Crippen molar-refractivity contribution in [3.8, 4) is 5.69 Å². The first-order valence-corrected chi connectivity index (χ1v) is 11.9. The molecule has 3 rings (SSSR count). The molecule has 1 aromatic heterocycles. The smallest absolute Gasteiger partial charge is 0.313 e. The highest BCUT2D eigenvalue weighted by Gasteiger charge is 2.18. The molecule has 0 saturated carbocycles. The zero-order valence-electron chi connectivity index (χ0n) is 19.6. The lowest BCUT2D eigenvalue weighted by Gasteiger charge is -2.15. The van der Waals surface area contributed by atoms with Gasteiger partial charge in [0.2, 0.25) is 0 Å². The van der Waals surface area contributed by atoms with E-state index in [0.29, 0.717) is 33.9 Å². The topological polar surface area (TPSA) is 107 Å². The van der Waals surface area contributed by atoms with E-state index in [-0.39, 0.29) is 29.4 Å². The van der Waals surface area contributed by atoms with Crippen LogP contribution < -0.4 is 10.9 Å². The largest absolute Gasteiger partial charge is 0.469 e. The summed E-state index contributed by atoms with van der Waals surface area (Å²) in [7, 11) is 1.22. The van der Waals surface area contributed by atoms with E-state index in [2.05, 4.69) is 15.0 Å². The van der Waals surface area contributed by atoms with Crippen LogP contribution in [0.5, 0.6) is 0 Å². The van der Waals surface area contributed by atoms with E-state index in [1.54, 1.807) is 18.2 Å². The summed E-state index contributed by atoms with van der Waals surface area (Å²) in [4.78, 5) is 54.3. The summed E-state index contributed by atoms with van der Waals surface area (Å²) in [6.45, 7) is 6.37. The molecule has 0 fully saturated rings. The first-order chi connectivity index (χ1) is 16.2. The van der Waals surface area contributed by atoms with Crippen molar-refractivity contribution in [1.29, 1.82) is 0 Å². The maximum Gasteiger partial charge on any atom is 0.313 e. The van der Waals surface area contributed by atoms with Crippen molar-refractivity contribution in [3.05, 3.63) is 63.4 Å². The molecular formula is C25H27N3O5S. The van der Waals surface area contributed by atoms with Gasteiger partial charge in [0.1, 0.15) is 6.42 Å². The minimum Gasteiger partial charge on any atom is -0.469 e. The molecular weight excluding hydrogens is 454 g/mol. The van der Waals surface area contributed by atoms with Gasteiger partial charge in [0.15, 0.2) is 10.9 Å². The van der Waals surface area contributed by atoms with Gasteiger partial charge in [-0.3, -0.25) is 23.7 Å². The number of hydrogen-bond donors (Lipinski definition) is 1. The molecule has 0 spiro atoms. The van der Waals surface area contributed by atoms with Gasteiger partial charge in [-0.25, -0.2) is 4.98 Å². The van der Waals surface area contributed by atoms with Gasteiger partial charge in [-0.1, -0.05) is 24.8 Å². The van der Waals surface area contributed by atoms with Gasteiger partial charge in [0.05, 0.1) is 29.5 Å². The van der Waals surface area contributed by atoms with Crippen molar-refractivity contribution in [1.82, 2.24) is 14.9 Å². The summed E-state index contributed by atoms with van der Waals surface area (Å²) < 4.78 is 6.02. The number of esters is 1. The molecule has 178 valence electrons. The van der Waals surface area contributed by atoms with Crippen LogP contribution in [0.4, 0.5) is 0 Å². The minimum absolute atomic E-state index is 0.0610. The van der Waals surface area contributed by atoms with Crippen LogP contribution in [-0.4, -0.2) is 46.6 Å². The lowest BCUT2D eigenvalue weighted by atomic mass is 10.1. The van der Waals surface area contributed by atoms with E-state index in [9.17, 15) is 19.2 Å². The van der Waals surface area contributed by atoms with Crippen LogP contribution in [0.3, 0.4) is 0 Å². The standard InChI is InChI=1S/C25H27N3O5S/c1-5-8-26-23(31)17-6-7-20-21(12-17)27-25(34-14-19(29)13-22(30)33-4)28(24(20)32)18-10-15(2)9-16(3)11-18/h6-7,9-12H,5,8,13-14H2,1-4H3,(H,26,31). The Kier molecular flexibility index (Phi) is 8.22. The highest BCUT2D eigenvalue weighted by atomic mass is 32.2. The van der Waals surface area contributed by atoms with E-state index in [4.69, 9.17) is 0 Å². The summed E-state index contributed by atoms with van der Waals surface area (Å²) >= 11 is 1.07. The average Bonchev–Trinajstić information content (AvgIpc) is 2.80. The van der Waals surface area contributed by atoms with Crippen LogP contribution >= 0.6 is 11.8 Å². The number of carbonyl (C=O) groups is 3. The van der Waals surface area contributed by atoms with Crippen LogP contribution in [0.25, 0.3) is 16.6 Å². The second kappa shape index (κ2) is 11.1. The number of fused-ring (bicyclic) bond motifs is 1. The SMILES string of the molecule is CCCNC(=O)c1ccc2c(=O)n(-c3cc(C)cc(C)c3)c(SCC(=O)CC(=O)OC)nc2c1. The van der Waals surface area contributed by atoms with Gasteiger partial charge in [-0.2, -0.15) is 0 Å². The molecule has 0 atom stereocenters. The maximum atomic E-state index is 13.5. The molecule has 0 aliphatic heterocycles. The molecule has 0 aliphatic carbocycles. The lowest BCUT2D eigenvalue weighted by molar-refractivity contribution is -0.142. The first-order valence-electron chi connectivity index (χ1n) is 10.9. The fraction of sp³-hybridized carbons (Fsp3) is 0.320. The highest BCUT2D eigenvalue weighted by molar-refractivity contribution is 7.99. The number of ketones is 1. The van der Waals surface area contributed by atoms with E-state index < -0.39 is 5.97 Å². The van der Waals surface area contributed by atoms with E-state index in [1.165, 1.54) is 11.7 Å². The number of hydrogen-bond acceptors (Lipinski definition) is 7. The van der Waals surface area contributed by atoms with Crippen molar-refractivity contribution in [2.45, 2.75) is 38.8 Å². The predicted molar refractivity (Wildman–Crippen MR) is 132 cm³/mol. The zero-order chi connectivity index (χ0) is 24.8. The molecule has 1 N–H and O–H groups in total. The second-order valence-corrected chi connectivity index (χ2v) is 8.89. The van der Waals surface area contributed by atoms with Crippen molar-refractivity contribution in [2.24, 2.45) is 0 Å². The Morgan fingerprint density at radius 2 is 1.79 bits per heavy atom. The third kappa shape index (κ3) is 5.91. The monoisotopic (exact) mass is 481 g/mol. The number of thioether (sulfide) groups is 1. The Labute approximate surface area is 201 Å². The van der Waals surface area contributed by atoms with Crippen molar-refractivity contribution < 1.29 is 19.1 Å². The van der Waals surface area contributed by atoms with Gasteiger partial charge in [-0.05, 0) is 61.7 Å². The van der Waals surface area contributed by atoms with Gasteiger partial charge in [0.25, 0.3) is 11.5 Å². The molecule has 9 heteroatoms. The third-order valence-electron chi connectivity index (χ3n) is 5.03. The molecule has 0 radical (unpaired) electrons. The Bertz CT molecular complexity index is 1300. The number of carbonyl (C=O) groups excluding carboxylic acids is 3. The lowest BCUT2D eigenvalue weighted by Crippen LogP contribution is -2.25. The summed E-state index contributed by atoms with van der Waals surface area (Å²) in [6.07, 6.45) is 0.450. The van der Waals surface area contributed by atoms with Crippen LogP contribution in [0.1, 0.15) is 41.3 Å². The number of ether oxygens (including phenoxy) is 1. The normalized spacial score (nSPS) is 10.8. The fourth-order valence-corrected chi connectivity index (χ4v) is 4.35. The van der Waals surface area contributed by atoms with E-state index >= 15 is 0 Å². The molecule has 3 aromatic rings. The van der Waals surface area contributed by atoms with E-state index in [1.807, 2.05) is 39.0 Å². The van der Waals surface area contributed by atoms with Gasteiger partial charge < -0.3 is 10.1 Å². The van der Waals surface area contributed by atoms with Crippen molar-refractivity contribution in [3.63, 3.8) is 0 Å². The number of nitrogens with zero attached hydrogens (tertiary/aromatic N) is 2. The number of rotatable bonds is 9. The molecule has 0 unspecified atom stereocenters. The zero-order valence-corrected chi connectivity index (χ0v) is 20.5. The Morgan fingerprint density at radius 3 is 2.44 bits per heavy atom.